The zero-order valence-corrected chi connectivity index (χ0v) is 15.3. The summed E-state index contributed by atoms with van der Waals surface area (Å²) >= 11 is 0. The lowest BCUT2D eigenvalue weighted by molar-refractivity contribution is 0.0752. The number of carbonyl (C=O) groups excluding carboxylic acids is 1. The van der Waals surface area contributed by atoms with Crippen LogP contribution in [0, 0.1) is 5.92 Å². The monoisotopic (exact) mass is 363 g/mol. The Morgan fingerprint density at radius 2 is 2.19 bits per heavy atom. The van der Waals surface area contributed by atoms with E-state index >= 15 is 0 Å². The number of hydrogen-bond acceptors (Lipinski definition) is 6. The normalized spacial score (nSPS) is 22.4. The molecule has 0 bridgehead atoms. The number of amides is 1. The Labute approximate surface area is 154 Å². The highest BCUT2D eigenvalue weighted by Gasteiger charge is 2.25. The minimum Gasteiger partial charge on any atom is -0.489 e. The van der Waals surface area contributed by atoms with E-state index in [-0.39, 0.29) is 11.8 Å². The van der Waals surface area contributed by atoms with Gasteiger partial charge < -0.3 is 30.5 Å². The van der Waals surface area contributed by atoms with E-state index in [2.05, 4.69) is 22.9 Å². The molecule has 0 radical (unpaired) electrons. The molecule has 7 heteroatoms. The fourth-order valence-corrected chi connectivity index (χ4v) is 3.27. The topological polar surface area (TPSA) is 91.9 Å². The molecule has 4 N–H and O–H groups in total. The molecule has 0 aliphatic carbocycles. The summed E-state index contributed by atoms with van der Waals surface area (Å²) in [7, 11) is 0. The van der Waals surface area contributed by atoms with Gasteiger partial charge in [0.25, 0.3) is 5.91 Å². The molecular weight excluding hydrogens is 334 g/mol. The molecule has 2 atom stereocenters. The number of hydrogen-bond donors (Lipinski definition) is 4. The fraction of sp³-hybridized carbons (Fsp3) is 0.632. The highest BCUT2D eigenvalue weighted by Crippen LogP contribution is 2.36. The first-order valence-electron chi connectivity index (χ1n) is 9.53. The van der Waals surface area contributed by atoms with Crippen molar-refractivity contribution in [3.63, 3.8) is 0 Å². The van der Waals surface area contributed by atoms with E-state index < -0.39 is 6.10 Å². The van der Waals surface area contributed by atoms with Crippen molar-refractivity contribution >= 4 is 11.6 Å². The van der Waals surface area contributed by atoms with Crippen LogP contribution in [0.3, 0.4) is 0 Å². The lowest BCUT2D eigenvalue weighted by atomic mass is 9.95. The number of aliphatic hydroxyl groups excluding tert-OH is 1. The molecule has 1 amide bonds. The molecule has 7 nitrogen and oxygen atoms in total. The molecule has 0 spiro atoms. The fourth-order valence-electron chi connectivity index (χ4n) is 3.27. The molecule has 0 aromatic heterocycles. The highest BCUT2D eigenvalue weighted by atomic mass is 16.5. The maximum atomic E-state index is 12.8. The largest absolute Gasteiger partial charge is 0.489 e. The summed E-state index contributed by atoms with van der Waals surface area (Å²) in [5, 5.41) is 19.5. The van der Waals surface area contributed by atoms with E-state index in [0.29, 0.717) is 43.4 Å². The third-order valence-corrected chi connectivity index (χ3v) is 4.79. The zero-order chi connectivity index (χ0) is 18.4. The molecule has 0 saturated carbocycles. The Hall–Kier alpha value is -1.99. The summed E-state index contributed by atoms with van der Waals surface area (Å²) < 4.78 is 11.6. The number of carbonyl (C=O) groups is 1. The second-order valence-electron chi connectivity index (χ2n) is 6.86. The number of fused-ring (bicyclic) bond motifs is 1. The van der Waals surface area contributed by atoms with Gasteiger partial charge in [-0.2, -0.15) is 0 Å². The molecule has 3 rings (SSSR count). The van der Waals surface area contributed by atoms with Gasteiger partial charge in [-0.05, 0) is 25.5 Å². The molecule has 1 fully saturated rings. The van der Waals surface area contributed by atoms with Gasteiger partial charge in [0.15, 0.2) is 11.5 Å². The van der Waals surface area contributed by atoms with Crippen LogP contribution in [0.2, 0.25) is 0 Å². The third-order valence-electron chi connectivity index (χ3n) is 4.79. The van der Waals surface area contributed by atoms with Crippen molar-refractivity contribution in [3.8, 4) is 11.5 Å². The van der Waals surface area contributed by atoms with Crippen LogP contribution >= 0.6 is 0 Å². The van der Waals surface area contributed by atoms with Gasteiger partial charge in [0.05, 0.1) is 24.9 Å². The minimum absolute atomic E-state index is 0.0670. The number of rotatable bonds is 6. The van der Waals surface area contributed by atoms with Gasteiger partial charge in [-0.3, -0.25) is 4.79 Å². The predicted octanol–water partition coefficient (Wildman–Crippen LogP) is 1.37. The summed E-state index contributed by atoms with van der Waals surface area (Å²) in [6.07, 6.45) is 2.19. The van der Waals surface area contributed by atoms with Crippen molar-refractivity contribution in [2.75, 3.05) is 44.7 Å². The summed E-state index contributed by atoms with van der Waals surface area (Å²) in [6.45, 7) is 5.90. The maximum Gasteiger partial charge on any atom is 0.255 e. The summed E-state index contributed by atoms with van der Waals surface area (Å²) in [5.74, 6) is 0.985. The lowest BCUT2D eigenvalue weighted by Gasteiger charge is -2.28. The zero-order valence-electron chi connectivity index (χ0n) is 15.3. The average molecular weight is 363 g/mol. The van der Waals surface area contributed by atoms with E-state index in [1.54, 1.807) is 0 Å². The van der Waals surface area contributed by atoms with Crippen molar-refractivity contribution < 1.29 is 19.4 Å². The summed E-state index contributed by atoms with van der Waals surface area (Å²) in [4.78, 5) is 12.8. The Morgan fingerprint density at radius 3 is 3.00 bits per heavy atom. The van der Waals surface area contributed by atoms with Crippen LogP contribution in [0.5, 0.6) is 11.5 Å². The van der Waals surface area contributed by atoms with Gasteiger partial charge in [0, 0.05) is 43.7 Å². The number of piperidine rings is 1. The van der Waals surface area contributed by atoms with Gasteiger partial charge in [0.2, 0.25) is 0 Å². The Balaban J connectivity index is 1.76. The van der Waals surface area contributed by atoms with Gasteiger partial charge in [-0.15, -0.1) is 0 Å². The molecular formula is C19H29N3O4. The van der Waals surface area contributed by atoms with Crippen molar-refractivity contribution in [2.24, 2.45) is 5.92 Å². The van der Waals surface area contributed by atoms with Crippen molar-refractivity contribution in [1.29, 1.82) is 0 Å². The Kier molecular flexibility index (Phi) is 6.57. The van der Waals surface area contributed by atoms with Crippen LogP contribution in [0.1, 0.15) is 36.5 Å². The van der Waals surface area contributed by atoms with E-state index in [4.69, 9.17) is 9.47 Å². The smallest absolute Gasteiger partial charge is 0.255 e. The van der Waals surface area contributed by atoms with Crippen LogP contribution in [-0.4, -0.2) is 56.5 Å². The summed E-state index contributed by atoms with van der Waals surface area (Å²) in [5.41, 5.74) is 1.33. The highest BCUT2D eigenvalue weighted by molar-refractivity contribution is 5.99. The molecule has 2 aliphatic rings. The second kappa shape index (κ2) is 9.09. The van der Waals surface area contributed by atoms with Gasteiger partial charge >= 0.3 is 0 Å². The molecule has 2 aliphatic heterocycles. The van der Waals surface area contributed by atoms with Crippen LogP contribution in [0.15, 0.2) is 12.1 Å². The van der Waals surface area contributed by atoms with E-state index in [1.807, 2.05) is 12.1 Å². The predicted molar refractivity (Wildman–Crippen MR) is 100 cm³/mol. The number of aliphatic hydroxyl groups is 1. The second-order valence-corrected chi connectivity index (χ2v) is 6.86. The first-order valence-corrected chi connectivity index (χ1v) is 9.53. The molecule has 1 aromatic rings. The van der Waals surface area contributed by atoms with E-state index in [1.165, 1.54) is 0 Å². The first-order chi connectivity index (χ1) is 12.7. The molecule has 144 valence electrons. The van der Waals surface area contributed by atoms with Crippen LogP contribution < -0.4 is 25.4 Å². The van der Waals surface area contributed by atoms with E-state index in [9.17, 15) is 9.90 Å². The quantitative estimate of drug-likeness (QED) is 0.610. The minimum atomic E-state index is -0.432. The maximum absolute atomic E-state index is 12.8. The standard InChI is InChI=1S/C19H29N3O4/c1-2-5-21-14-9-15(18-17(10-14)25-7-3-8-26-18)19(24)22-11-13-4-6-20-12-16(13)23/h9-10,13,16,20-21,23H,2-8,11-12H2,1H3,(H,22,24)/t13-,16+/m0/s1. The molecule has 1 saturated heterocycles. The molecule has 26 heavy (non-hydrogen) atoms. The molecule has 1 aromatic carbocycles. The SMILES string of the molecule is CCCNc1cc2c(c(C(=O)NC[C@@H]3CCNC[C@H]3O)c1)OCCCO2. The van der Waals surface area contributed by atoms with Gasteiger partial charge in [0.1, 0.15) is 0 Å². The van der Waals surface area contributed by atoms with Crippen molar-refractivity contribution in [1.82, 2.24) is 10.6 Å². The van der Waals surface area contributed by atoms with E-state index in [0.717, 1.165) is 38.0 Å². The number of anilines is 1. The first kappa shape index (κ1) is 18.8. The third kappa shape index (κ3) is 4.59. The van der Waals surface area contributed by atoms with Crippen LogP contribution in [0.25, 0.3) is 0 Å². The molecule has 2 heterocycles. The van der Waals surface area contributed by atoms with Crippen LogP contribution in [-0.2, 0) is 0 Å². The Morgan fingerprint density at radius 1 is 1.35 bits per heavy atom. The van der Waals surface area contributed by atoms with Crippen molar-refractivity contribution in [2.45, 2.75) is 32.3 Å². The number of nitrogens with one attached hydrogen (secondary N) is 3. The number of ether oxygens (including phenoxy) is 2. The average Bonchev–Trinajstić information content (AvgIpc) is 2.90. The Bertz CT molecular complexity index is 623. The van der Waals surface area contributed by atoms with Gasteiger partial charge in [-0.25, -0.2) is 0 Å². The van der Waals surface area contributed by atoms with Crippen LogP contribution in [0.4, 0.5) is 5.69 Å². The summed E-state index contributed by atoms with van der Waals surface area (Å²) in [6, 6.07) is 3.71. The van der Waals surface area contributed by atoms with Crippen molar-refractivity contribution in [3.05, 3.63) is 17.7 Å². The number of β-amino-alcohol motifs (C(OH)–C–C–N with tert-alkyl or cyclic N) is 1. The number of benzene rings is 1. The molecule has 0 unspecified atom stereocenters. The van der Waals surface area contributed by atoms with Gasteiger partial charge in [-0.1, -0.05) is 6.92 Å². The lowest BCUT2D eigenvalue weighted by Crippen LogP contribution is -2.45.